The van der Waals surface area contributed by atoms with Crippen molar-refractivity contribution in [3.05, 3.63) is 64.2 Å². The maximum absolute atomic E-state index is 12.4. The zero-order valence-corrected chi connectivity index (χ0v) is 21.3. The van der Waals surface area contributed by atoms with Crippen LogP contribution in [0, 0.1) is 13.8 Å². The molecule has 1 amide bonds. The van der Waals surface area contributed by atoms with Crippen LogP contribution >= 0.6 is 0 Å². The minimum absolute atomic E-state index is 0.0353. The van der Waals surface area contributed by atoms with Crippen molar-refractivity contribution in [3.63, 3.8) is 0 Å². The molecule has 1 atom stereocenters. The number of aryl methyl sites for hydroxylation is 2. The highest BCUT2D eigenvalue weighted by Gasteiger charge is 2.31. The van der Waals surface area contributed by atoms with Gasteiger partial charge in [-0.3, -0.25) is 4.79 Å². The molecule has 0 spiro atoms. The lowest BCUT2D eigenvalue weighted by atomic mass is 9.69. The van der Waals surface area contributed by atoms with Gasteiger partial charge < -0.3 is 20.3 Å². The Hall–Kier alpha value is -2.37. The first-order valence-electron chi connectivity index (χ1n) is 11.9. The smallest absolute Gasteiger partial charge is 0.224 e. The van der Waals surface area contributed by atoms with E-state index in [1.807, 2.05) is 33.8 Å². The lowest BCUT2D eigenvalue weighted by Crippen LogP contribution is -2.41. The Bertz CT molecular complexity index is 941. The molecule has 0 heterocycles. The van der Waals surface area contributed by atoms with Gasteiger partial charge in [0.25, 0.3) is 0 Å². The minimum Gasteiger partial charge on any atom is -0.491 e. The van der Waals surface area contributed by atoms with Gasteiger partial charge in [-0.15, -0.1) is 0 Å². The molecule has 5 heteroatoms. The lowest BCUT2D eigenvalue weighted by molar-refractivity contribution is -0.121. The van der Waals surface area contributed by atoms with Gasteiger partial charge in [-0.25, -0.2) is 0 Å². The van der Waals surface area contributed by atoms with Crippen LogP contribution in [-0.4, -0.2) is 41.0 Å². The summed E-state index contributed by atoms with van der Waals surface area (Å²) in [5.41, 5.74) is 5.24. The Morgan fingerprint density at radius 1 is 1.00 bits per heavy atom. The van der Waals surface area contributed by atoms with Gasteiger partial charge in [0.15, 0.2) is 0 Å². The summed E-state index contributed by atoms with van der Waals surface area (Å²) in [7, 11) is 0. The molecular formula is C28H41NO4. The number of ether oxygens (including phenoxy) is 1. The number of amides is 1. The third kappa shape index (κ3) is 6.81. The number of carbonyl (C=O) groups is 1. The Morgan fingerprint density at radius 2 is 1.58 bits per heavy atom. The van der Waals surface area contributed by atoms with E-state index in [2.05, 4.69) is 56.4 Å². The largest absolute Gasteiger partial charge is 0.491 e. The van der Waals surface area contributed by atoms with Crippen LogP contribution in [0.3, 0.4) is 0 Å². The number of nitrogens with one attached hydrogen (secondary N) is 1. The summed E-state index contributed by atoms with van der Waals surface area (Å²) in [6, 6.07) is 12.7. The maximum Gasteiger partial charge on any atom is 0.224 e. The van der Waals surface area contributed by atoms with Gasteiger partial charge in [0, 0.05) is 11.0 Å². The molecule has 182 valence electrons. The van der Waals surface area contributed by atoms with Crippen molar-refractivity contribution >= 4 is 5.91 Å². The number of benzene rings is 2. The molecule has 0 radical (unpaired) electrons. The van der Waals surface area contributed by atoms with Crippen LogP contribution in [0.1, 0.15) is 75.3 Å². The third-order valence-electron chi connectivity index (χ3n) is 6.34. The molecule has 0 saturated carbocycles. The van der Waals surface area contributed by atoms with Crippen molar-refractivity contribution < 1.29 is 19.7 Å². The fraction of sp³-hybridized carbons (Fsp3) is 0.536. The van der Waals surface area contributed by atoms with Gasteiger partial charge in [-0.1, -0.05) is 44.2 Å². The van der Waals surface area contributed by atoms with E-state index in [9.17, 15) is 9.90 Å². The first-order chi connectivity index (χ1) is 15.5. The molecule has 5 nitrogen and oxygen atoms in total. The van der Waals surface area contributed by atoms with Gasteiger partial charge >= 0.3 is 0 Å². The monoisotopic (exact) mass is 455 g/mol. The number of carbonyl (C=O) groups excluding carboxylic acids is 1. The summed E-state index contributed by atoms with van der Waals surface area (Å²) in [4.78, 5) is 12.4. The molecule has 0 fully saturated rings. The Labute approximate surface area is 199 Å². The SMILES string of the molecule is CCC(CC)(c1ccc(CC(=O)NC(C)(C)C)c(C)c1)c1ccc(OCC(O)CO)c(C)c1. The van der Waals surface area contributed by atoms with E-state index in [-0.39, 0.29) is 30.1 Å². The summed E-state index contributed by atoms with van der Waals surface area (Å²) >= 11 is 0. The van der Waals surface area contributed by atoms with Crippen molar-refractivity contribution in [1.29, 1.82) is 0 Å². The van der Waals surface area contributed by atoms with E-state index in [1.54, 1.807) is 0 Å². The Balaban J connectivity index is 2.34. The minimum atomic E-state index is -0.888. The first-order valence-corrected chi connectivity index (χ1v) is 11.9. The van der Waals surface area contributed by atoms with Crippen LogP contribution in [0.15, 0.2) is 36.4 Å². The van der Waals surface area contributed by atoms with Crippen LogP contribution in [0.4, 0.5) is 0 Å². The molecular weight excluding hydrogens is 414 g/mol. The normalized spacial score (nSPS) is 13.0. The molecule has 0 aliphatic heterocycles. The summed E-state index contributed by atoms with van der Waals surface area (Å²) < 4.78 is 5.69. The van der Waals surface area contributed by atoms with Crippen LogP contribution in [-0.2, 0) is 16.6 Å². The molecule has 2 rings (SSSR count). The number of rotatable bonds is 10. The Morgan fingerprint density at radius 3 is 2.06 bits per heavy atom. The predicted molar refractivity (Wildman–Crippen MR) is 134 cm³/mol. The fourth-order valence-electron chi connectivity index (χ4n) is 4.41. The maximum atomic E-state index is 12.4. The quantitative estimate of drug-likeness (QED) is 0.489. The second-order valence-corrected chi connectivity index (χ2v) is 10.0. The van der Waals surface area contributed by atoms with Crippen molar-refractivity contribution in [2.24, 2.45) is 0 Å². The van der Waals surface area contributed by atoms with Gasteiger partial charge in [0.1, 0.15) is 18.5 Å². The third-order valence-corrected chi connectivity index (χ3v) is 6.34. The fourth-order valence-corrected chi connectivity index (χ4v) is 4.41. The van der Waals surface area contributed by atoms with E-state index in [0.717, 1.165) is 29.5 Å². The van der Waals surface area contributed by atoms with Crippen LogP contribution in [0.5, 0.6) is 5.75 Å². The molecule has 33 heavy (non-hydrogen) atoms. The molecule has 0 bridgehead atoms. The number of aliphatic hydroxyl groups excluding tert-OH is 2. The predicted octanol–water partition coefficient (Wildman–Crippen LogP) is 4.60. The standard InChI is InChI=1S/C28H41NO4/c1-8-28(9-2,23-12-13-25(20(4)15-23)33-18-24(31)17-30)22-11-10-21(19(3)14-22)16-26(32)29-27(5,6)7/h10-15,24,30-31H,8-9,16-18H2,1-7H3,(H,29,32). The van der Waals surface area contributed by atoms with Crippen LogP contribution in [0.25, 0.3) is 0 Å². The van der Waals surface area contributed by atoms with Crippen molar-refractivity contribution in [2.75, 3.05) is 13.2 Å². The van der Waals surface area contributed by atoms with E-state index in [1.165, 1.54) is 11.1 Å². The second-order valence-electron chi connectivity index (χ2n) is 10.0. The number of hydrogen-bond acceptors (Lipinski definition) is 4. The summed E-state index contributed by atoms with van der Waals surface area (Å²) in [5.74, 6) is 0.747. The summed E-state index contributed by atoms with van der Waals surface area (Å²) in [6.45, 7) is 14.2. The zero-order chi connectivity index (χ0) is 24.8. The van der Waals surface area contributed by atoms with Crippen LogP contribution in [0.2, 0.25) is 0 Å². The highest BCUT2D eigenvalue weighted by molar-refractivity contribution is 5.79. The number of aliphatic hydroxyl groups is 2. The molecule has 0 aliphatic rings. The molecule has 0 aliphatic carbocycles. The Kier molecular flexibility index (Phi) is 9.10. The molecule has 2 aromatic rings. The second kappa shape index (κ2) is 11.2. The molecule has 3 N–H and O–H groups in total. The summed E-state index contributed by atoms with van der Waals surface area (Å²) in [5, 5.41) is 21.6. The first kappa shape index (κ1) is 26.9. The van der Waals surface area contributed by atoms with E-state index in [4.69, 9.17) is 9.84 Å². The van der Waals surface area contributed by atoms with Crippen molar-refractivity contribution in [1.82, 2.24) is 5.32 Å². The topological polar surface area (TPSA) is 78.8 Å². The van der Waals surface area contributed by atoms with Crippen LogP contribution < -0.4 is 10.1 Å². The van der Waals surface area contributed by atoms with Gasteiger partial charge in [-0.05, 0) is 81.3 Å². The van der Waals surface area contributed by atoms with E-state index >= 15 is 0 Å². The highest BCUT2D eigenvalue weighted by atomic mass is 16.5. The van der Waals surface area contributed by atoms with Crippen molar-refractivity contribution in [2.45, 2.75) is 84.8 Å². The average Bonchev–Trinajstić information content (AvgIpc) is 2.74. The zero-order valence-electron chi connectivity index (χ0n) is 21.3. The molecule has 0 aromatic heterocycles. The van der Waals surface area contributed by atoms with Gasteiger partial charge in [0.05, 0.1) is 13.0 Å². The summed E-state index contributed by atoms with van der Waals surface area (Å²) in [6.07, 6.45) is 1.37. The van der Waals surface area contributed by atoms with E-state index in [0.29, 0.717) is 12.2 Å². The van der Waals surface area contributed by atoms with Gasteiger partial charge in [0.2, 0.25) is 5.91 Å². The van der Waals surface area contributed by atoms with E-state index < -0.39 is 6.10 Å². The van der Waals surface area contributed by atoms with Gasteiger partial charge in [-0.2, -0.15) is 0 Å². The molecule has 0 saturated heterocycles. The lowest BCUT2D eigenvalue weighted by Gasteiger charge is -2.34. The van der Waals surface area contributed by atoms with Crippen molar-refractivity contribution in [3.8, 4) is 5.75 Å². The number of hydrogen-bond donors (Lipinski definition) is 3. The molecule has 1 unspecified atom stereocenters. The highest BCUT2D eigenvalue weighted by Crippen LogP contribution is 2.41. The average molecular weight is 456 g/mol. The molecule has 2 aromatic carbocycles.